The number of amides is 1. The largest absolute Gasteiger partial charge is 0.493 e. The highest BCUT2D eigenvalue weighted by molar-refractivity contribution is 5.95. The molecule has 1 amide bonds. The van der Waals surface area contributed by atoms with Gasteiger partial charge < -0.3 is 24.8 Å². The van der Waals surface area contributed by atoms with Crippen LogP contribution in [-0.2, 0) is 6.61 Å². The molecule has 1 atom stereocenters. The Labute approximate surface area is 159 Å². The van der Waals surface area contributed by atoms with Gasteiger partial charge in [0.1, 0.15) is 6.61 Å². The van der Waals surface area contributed by atoms with Gasteiger partial charge in [0.05, 0.1) is 14.2 Å². The number of methoxy groups -OCH3 is 2. The molecule has 0 aliphatic carbocycles. The van der Waals surface area contributed by atoms with Gasteiger partial charge in [0.25, 0.3) is 5.91 Å². The van der Waals surface area contributed by atoms with Crippen LogP contribution in [0.25, 0.3) is 0 Å². The lowest BCUT2D eigenvalue weighted by molar-refractivity contribution is 0.0929. The molecular formula is C21H26N2O4. The summed E-state index contributed by atoms with van der Waals surface area (Å²) in [5.41, 5.74) is 1.52. The number of carbonyl (C=O) groups excluding carboxylic acids is 1. The molecule has 3 rings (SSSR count). The highest BCUT2D eigenvalue weighted by atomic mass is 16.5. The maximum Gasteiger partial charge on any atom is 0.251 e. The van der Waals surface area contributed by atoms with Gasteiger partial charge in [-0.15, -0.1) is 0 Å². The standard InChI is InChI=1S/C21H26N2O4/c1-25-18-11-16(21(24)23-17-9-6-10-22-13-17)12-19(26-2)20(18)27-14-15-7-4-3-5-8-15/h3-5,7-8,11-12,17,22H,6,9-10,13-14H2,1-2H3,(H,23,24). The van der Waals surface area contributed by atoms with Crippen molar-refractivity contribution in [2.45, 2.75) is 25.5 Å². The molecule has 6 heteroatoms. The number of ether oxygens (including phenoxy) is 3. The first-order valence-electron chi connectivity index (χ1n) is 9.15. The van der Waals surface area contributed by atoms with Gasteiger partial charge in [-0.25, -0.2) is 0 Å². The zero-order valence-electron chi connectivity index (χ0n) is 15.8. The molecule has 0 aromatic heterocycles. The van der Waals surface area contributed by atoms with Gasteiger partial charge in [-0.3, -0.25) is 4.79 Å². The van der Waals surface area contributed by atoms with Crippen LogP contribution in [0.4, 0.5) is 0 Å². The molecule has 0 bridgehead atoms. The van der Waals surface area contributed by atoms with E-state index < -0.39 is 0 Å². The van der Waals surface area contributed by atoms with E-state index in [-0.39, 0.29) is 11.9 Å². The van der Waals surface area contributed by atoms with E-state index in [9.17, 15) is 4.79 Å². The number of hydrogen-bond donors (Lipinski definition) is 2. The summed E-state index contributed by atoms with van der Waals surface area (Å²) in [4.78, 5) is 12.6. The summed E-state index contributed by atoms with van der Waals surface area (Å²) in [7, 11) is 3.10. The third-order valence-corrected chi connectivity index (χ3v) is 4.58. The molecule has 0 saturated carbocycles. The predicted molar refractivity (Wildman–Crippen MR) is 104 cm³/mol. The van der Waals surface area contributed by atoms with Crippen LogP contribution in [0, 0.1) is 0 Å². The molecule has 2 aromatic carbocycles. The van der Waals surface area contributed by atoms with Crippen molar-refractivity contribution in [2.75, 3.05) is 27.3 Å². The summed E-state index contributed by atoms with van der Waals surface area (Å²) in [6.45, 7) is 2.17. The van der Waals surface area contributed by atoms with Crippen molar-refractivity contribution in [1.29, 1.82) is 0 Å². The summed E-state index contributed by atoms with van der Waals surface area (Å²) >= 11 is 0. The summed E-state index contributed by atoms with van der Waals surface area (Å²) in [5, 5.41) is 6.36. The van der Waals surface area contributed by atoms with E-state index in [0.717, 1.165) is 31.5 Å². The predicted octanol–water partition coefficient (Wildman–Crippen LogP) is 2.76. The Kier molecular flexibility index (Phi) is 6.54. The Morgan fingerprint density at radius 3 is 2.44 bits per heavy atom. The van der Waals surface area contributed by atoms with E-state index in [1.807, 2.05) is 30.3 Å². The van der Waals surface area contributed by atoms with E-state index >= 15 is 0 Å². The van der Waals surface area contributed by atoms with Crippen LogP contribution < -0.4 is 24.8 Å². The lowest BCUT2D eigenvalue weighted by Crippen LogP contribution is -2.45. The fourth-order valence-electron chi connectivity index (χ4n) is 3.13. The fraction of sp³-hybridized carbons (Fsp3) is 0.381. The molecule has 0 radical (unpaired) electrons. The topological polar surface area (TPSA) is 68.8 Å². The Bertz CT molecular complexity index is 733. The second kappa shape index (κ2) is 9.28. The molecule has 2 N–H and O–H groups in total. The summed E-state index contributed by atoms with van der Waals surface area (Å²) < 4.78 is 16.8. The molecule has 1 heterocycles. The van der Waals surface area contributed by atoms with E-state index in [1.54, 1.807) is 26.4 Å². The van der Waals surface area contributed by atoms with Gasteiger partial charge in [0, 0.05) is 18.2 Å². The second-order valence-electron chi connectivity index (χ2n) is 6.50. The second-order valence-corrected chi connectivity index (χ2v) is 6.50. The first-order chi connectivity index (χ1) is 13.2. The minimum Gasteiger partial charge on any atom is -0.493 e. The number of benzene rings is 2. The molecule has 1 aliphatic heterocycles. The van der Waals surface area contributed by atoms with E-state index in [2.05, 4.69) is 10.6 Å². The van der Waals surface area contributed by atoms with Crippen LogP contribution in [0.3, 0.4) is 0 Å². The van der Waals surface area contributed by atoms with Crippen molar-refractivity contribution in [3.63, 3.8) is 0 Å². The van der Waals surface area contributed by atoms with Crippen molar-refractivity contribution >= 4 is 5.91 Å². The molecule has 6 nitrogen and oxygen atoms in total. The van der Waals surface area contributed by atoms with Crippen LogP contribution in [0.15, 0.2) is 42.5 Å². The van der Waals surface area contributed by atoms with Crippen LogP contribution in [0.2, 0.25) is 0 Å². The number of rotatable bonds is 7. The third-order valence-electron chi connectivity index (χ3n) is 4.58. The lowest BCUT2D eigenvalue weighted by Gasteiger charge is -2.24. The number of piperidine rings is 1. The summed E-state index contributed by atoms with van der Waals surface area (Å²) in [6, 6.07) is 13.4. The zero-order valence-corrected chi connectivity index (χ0v) is 15.8. The Morgan fingerprint density at radius 2 is 1.85 bits per heavy atom. The first kappa shape index (κ1) is 19.0. The number of hydrogen-bond acceptors (Lipinski definition) is 5. The van der Waals surface area contributed by atoms with E-state index in [4.69, 9.17) is 14.2 Å². The molecule has 1 aliphatic rings. The van der Waals surface area contributed by atoms with Crippen molar-refractivity contribution in [2.24, 2.45) is 0 Å². The number of carbonyl (C=O) groups is 1. The SMILES string of the molecule is COc1cc(C(=O)NC2CCCNC2)cc(OC)c1OCc1ccccc1. The Morgan fingerprint density at radius 1 is 1.15 bits per heavy atom. The molecule has 1 saturated heterocycles. The van der Waals surface area contributed by atoms with Crippen LogP contribution in [0.5, 0.6) is 17.2 Å². The quantitative estimate of drug-likeness (QED) is 0.784. The highest BCUT2D eigenvalue weighted by Gasteiger charge is 2.21. The Hall–Kier alpha value is -2.73. The summed E-state index contributed by atoms with van der Waals surface area (Å²) in [5.74, 6) is 1.28. The van der Waals surface area contributed by atoms with E-state index in [0.29, 0.717) is 29.4 Å². The van der Waals surface area contributed by atoms with Crippen LogP contribution in [0.1, 0.15) is 28.8 Å². The molecule has 144 valence electrons. The minimum atomic E-state index is -0.144. The first-order valence-corrected chi connectivity index (χ1v) is 9.15. The maximum absolute atomic E-state index is 12.6. The molecule has 0 spiro atoms. The van der Waals surface area contributed by atoms with Gasteiger partial charge in [-0.1, -0.05) is 30.3 Å². The molecular weight excluding hydrogens is 344 g/mol. The van der Waals surface area contributed by atoms with Crippen LogP contribution >= 0.6 is 0 Å². The van der Waals surface area contributed by atoms with Crippen molar-refractivity contribution in [3.8, 4) is 17.2 Å². The molecule has 27 heavy (non-hydrogen) atoms. The van der Waals surface area contributed by atoms with Gasteiger partial charge in [-0.2, -0.15) is 0 Å². The van der Waals surface area contributed by atoms with Gasteiger partial charge >= 0.3 is 0 Å². The molecule has 1 unspecified atom stereocenters. The highest BCUT2D eigenvalue weighted by Crippen LogP contribution is 2.39. The van der Waals surface area contributed by atoms with Crippen molar-refractivity contribution < 1.29 is 19.0 Å². The average molecular weight is 370 g/mol. The van der Waals surface area contributed by atoms with Gasteiger partial charge in [0.2, 0.25) is 5.75 Å². The molecule has 1 fully saturated rings. The van der Waals surface area contributed by atoms with Gasteiger partial charge in [-0.05, 0) is 37.1 Å². The lowest BCUT2D eigenvalue weighted by atomic mass is 10.1. The molecule has 2 aromatic rings. The maximum atomic E-state index is 12.6. The van der Waals surface area contributed by atoms with E-state index in [1.165, 1.54) is 0 Å². The zero-order chi connectivity index (χ0) is 19.1. The summed E-state index contributed by atoms with van der Waals surface area (Å²) in [6.07, 6.45) is 2.04. The van der Waals surface area contributed by atoms with Gasteiger partial charge in [0.15, 0.2) is 11.5 Å². The van der Waals surface area contributed by atoms with Crippen molar-refractivity contribution in [3.05, 3.63) is 53.6 Å². The smallest absolute Gasteiger partial charge is 0.251 e. The minimum absolute atomic E-state index is 0.136. The van der Waals surface area contributed by atoms with Crippen LogP contribution in [-0.4, -0.2) is 39.3 Å². The normalized spacial score (nSPS) is 16.4. The Balaban J connectivity index is 1.77. The average Bonchev–Trinajstić information content (AvgIpc) is 2.73. The monoisotopic (exact) mass is 370 g/mol. The fourth-order valence-corrected chi connectivity index (χ4v) is 3.13. The number of nitrogens with one attached hydrogen (secondary N) is 2. The van der Waals surface area contributed by atoms with Crippen molar-refractivity contribution in [1.82, 2.24) is 10.6 Å². The third kappa shape index (κ3) is 4.92.